The first-order valence-electron chi connectivity index (χ1n) is 5.41. The standard InChI is InChI=1S/C13H10Br2FNOS/c1-6-3-9(16)8(14)5-10(6)17-13(18)11-4-7(2)12(15)19-11/h3-5H,1-2H3,(H,17,18). The minimum absolute atomic E-state index is 0.194. The lowest BCUT2D eigenvalue weighted by atomic mass is 10.2. The number of carbonyl (C=O) groups excluding carboxylic acids is 1. The van der Waals surface area contributed by atoms with Crippen LogP contribution in [0.2, 0.25) is 0 Å². The number of nitrogens with one attached hydrogen (secondary N) is 1. The molecule has 0 saturated carbocycles. The van der Waals surface area contributed by atoms with Crippen LogP contribution in [0.3, 0.4) is 0 Å². The molecule has 1 aromatic heterocycles. The van der Waals surface area contributed by atoms with E-state index >= 15 is 0 Å². The third-order valence-electron chi connectivity index (χ3n) is 2.60. The van der Waals surface area contributed by atoms with Crippen molar-refractivity contribution >= 4 is 54.8 Å². The summed E-state index contributed by atoms with van der Waals surface area (Å²) >= 11 is 7.87. The maximum Gasteiger partial charge on any atom is 0.265 e. The van der Waals surface area contributed by atoms with Gasteiger partial charge in [0.2, 0.25) is 0 Å². The zero-order chi connectivity index (χ0) is 14.2. The first kappa shape index (κ1) is 14.7. The van der Waals surface area contributed by atoms with E-state index in [2.05, 4.69) is 37.2 Å². The number of amides is 1. The molecule has 0 atom stereocenters. The highest BCUT2D eigenvalue weighted by Gasteiger charge is 2.13. The first-order valence-corrected chi connectivity index (χ1v) is 7.81. The summed E-state index contributed by atoms with van der Waals surface area (Å²) in [5.41, 5.74) is 2.30. The van der Waals surface area contributed by atoms with E-state index in [0.717, 1.165) is 9.35 Å². The third-order valence-corrected chi connectivity index (χ3v) is 5.34. The minimum Gasteiger partial charge on any atom is -0.321 e. The van der Waals surface area contributed by atoms with E-state index in [1.165, 1.54) is 17.4 Å². The largest absolute Gasteiger partial charge is 0.321 e. The Hall–Kier alpha value is -0.720. The average Bonchev–Trinajstić information content (AvgIpc) is 2.67. The number of anilines is 1. The fourth-order valence-corrected chi connectivity index (χ4v) is 3.31. The molecule has 100 valence electrons. The van der Waals surface area contributed by atoms with Crippen molar-refractivity contribution in [3.05, 3.63) is 48.3 Å². The normalized spacial score (nSPS) is 10.6. The van der Waals surface area contributed by atoms with Crippen LogP contribution >= 0.6 is 43.2 Å². The number of carbonyl (C=O) groups is 1. The van der Waals surface area contributed by atoms with Crippen molar-refractivity contribution in [3.63, 3.8) is 0 Å². The number of hydrogen-bond acceptors (Lipinski definition) is 2. The third kappa shape index (κ3) is 3.24. The molecule has 2 rings (SSSR count). The molecular weight excluding hydrogens is 397 g/mol. The fourth-order valence-electron chi connectivity index (χ4n) is 1.54. The SMILES string of the molecule is Cc1cc(F)c(Br)cc1NC(=O)c1cc(C)c(Br)s1. The molecule has 1 aromatic carbocycles. The Morgan fingerprint density at radius 2 is 1.89 bits per heavy atom. The number of aryl methyl sites for hydroxylation is 2. The maximum absolute atomic E-state index is 13.3. The van der Waals surface area contributed by atoms with Crippen molar-refractivity contribution < 1.29 is 9.18 Å². The van der Waals surface area contributed by atoms with Gasteiger partial charge in [0.25, 0.3) is 5.91 Å². The molecule has 0 bridgehead atoms. The lowest BCUT2D eigenvalue weighted by molar-refractivity contribution is 0.103. The lowest BCUT2D eigenvalue weighted by Crippen LogP contribution is -2.11. The van der Waals surface area contributed by atoms with Crippen molar-refractivity contribution in [1.29, 1.82) is 0 Å². The molecule has 0 aliphatic rings. The quantitative estimate of drug-likeness (QED) is 0.721. The van der Waals surface area contributed by atoms with Gasteiger partial charge in [-0.05, 0) is 75.0 Å². The maximum atomic E-state index is 13.3. The van der Waals surface area contributed by atoms with E-state index in [1.807, 2.05) is 13.0 Å². The van der Waals surface area contributed by atoms with Gasteiger partial charge in [0.05, 0.1) is 13.1 Å². The predicted molar refractivity (Wildman–Crippen MR) is 83.5 cm³/mol. The summed E-state index contributed by atoms with van der Waals surface area (Å²) in [6.45, 7) is 3.68. The molecular formula is C13H10Br2FNOS. The van der Waals surface area contributed by atoms with E-state index in [0.29, 0.717) is 20.6 Å². The van der Waals surface area contributed by atoms with Crippen LogP contribution in [0.25, 0.3) is 0 Å². The molecule has 0 saturated heterocycles. The summed E-state index contributed by atoms with van der Waals surface area (Å²) in [7, 11) is 0. The zero-order valence-corrected chi connectivity index (χ0v) is 14.2. The molecule has 0 radical (unpaired) electrons. The van der Waals surface area contributed by atoms with Gasteiger partial charge in [0, 0.05) is 5.69 Å². The summed E-state index contributed by atoms with van der Waals surface area (Å²) in [5.74, 6) is -0.536. The molecule has 1 N–H and O–H groups in total. The predicted octanol–water partition coefficient (Wildman–Crippen LogP) is 5.28. The highest BCUT2D eigenvalue weighted by Crippen LogP contribution is 2.29. The molecule has 0 spiro atoms. The summed E-state index contributed by atoms with van der Waals surface area (Å²) in [4.78, 5) is 12.7. The Balaban J connectivity index is 2.26. The van der Waals surface area contributed by atoms with E-state index < -0.39 is 0 Å². The van der Waals surface area contributed by atoms with E-state index in [9.17, 15) is 9.18 Å². The molecule has 0 fully saturated rings. The monoisotopic (exact) mass is 405 g/mol. The number of thiophene rings is 1. The van der Waals surface area contributed by atoms with Crippen molar-refractivity contribution in [2.45, 2.75) is 13.8 Å². The Labute approximate surface area is 131 Å². The van der Waals surface area contributed by atoms with Crippen molar-refractivity contribution in [3.8, 4) is 0 Å². The van der Waals surface area contributed by atoms with Crippen LogP contribution in [0.1, 0.15) is 20.8 Å². The summed E-state index contributed by atoms with van der Waals surface area (Å²) in [6.07, 6.45) is 0. The van der Waals surface area contributed by atoms with Crippen LogP contribution in [0.5, 0.6) is 0 Å². The Morgan fingerprint density at radius 3 is 2.47 bits per heavy atom. The summed E-state index contributed by atoms with van der Waals surface area (Å²) in [5, 5.41) is 2.79. The Kier molecular flexibility index (Phi) is 4.43. The molecule has 0 aliphatic heterocycles. The van der Waals surface area contributed by atoms with Crippen LogP contribution < -0.4 is 5.32 Å². The van der Waals surface area contributed by atoms with Gasteiger partial charge in [-0.25, -0.2) is 4.39 Å². The van der Waals surface area contributed by atoms with Crippen LogP contribution in [-0.2, 0) is 0 Å². The van der Waals surface area contributed by atoms with E-state index in [-0.39, 0.29) is 11.7 Å². The van der Waals surface area contributed by atoms with Crippen molar-refractivity contribution in [2.75, 3.05) is 5.32 Å². The second-order valence-corrected chi connectivity index (χ2v) is 7.33. The topological polar surface area (TPSA) is 29.1 Å². The van der Waals surface area contributed by atoms with Gasteiger partial charge in [-0.15, -0.1) is 11.3 Å². The van der Waals surface area contributed by atoms with Crippen LogP contribution in [0.15, 0.2) is 26.5 Å². The van der Waals surface area contributed by atoms with Crippen LogP contribution in [0.4, 0.5) is 10.1 Å². The molecule has 1 heterocycles. The Bertz CT molecular complexity index is 635. The van der Waals surface area contributed by atoms with Gasteiger partial charge in [-0.3, -0.25) is 4.79 Å². The molecule has 19 heavy (non-hydrogen) atoms. The summed E-state index contributed by atoms with van der Waals surface area (Å²) in [6, 6.07) is 4.77. The highest BCUT2D eigenvalue weighted by atomic mass is 79.9. The van der Waals surface area contributed by atoms with Gasteiger partial charge in [-0.2, -0.15) is 0 Å². The second-order valence-electron chi connectivity index (χ2n) is 4.10. The second kappa shape index (κ2) is 5.73. The molecule has 0 aliphatic carbocycles. The van der Waals surface area contributed by atoms with Crippen molar-refractivity contribution in [2.24, 2.45) is 0 Å². The number of rotatable bonds is 2. The number of halogens is 3. The van der Waals surface area contributed by atoms with Crippen LogP contribution in [-0.4, -0.2) is 5.91 Å². The molecule has 2 nitrogen and oxygen atoms in total. The Morgan fingerprint density at radius 1 is 1.21 bits per heavy atom. The molecule has 1 amide bonds. The van der Waals surface area contributed by atoms with Gasteiger partial charge in [0.15, 0.2) is 0 Å². The van der Waals surface area contributed by atoms with Crippen molar-refractivity contribution in [1.82, 2.24) is 0 Å². The zero-order valence-electron chi connectivity index (χ0n) is 10.2. The number of benzene rings is 1. The van der Waals surface area contributed by atoms with Gasteiger partial charge in [-0.1, -0.05) is 0 Å². The van der Waals surface area contributed by atoms with Gasteiger partial charge >= 0.3 is 0 Å². The molecule has 6 heteroatoms. The van der Waals surface area contributed by atoms with E-state index in [1.54, 1.807) is 13.0 Å². The first-order chi connectivity index (χ1) is 8.88. The minimum atomic E-state index is -0.342. The van der Waals surface area contributed by atoms with Gasteiger partial charge < -0.3 is 5.32 Å². The fraction of sp³-hybridized carbons (Fsp3) is 0.154. The van der Waals surface area contributed by atoms with E-state index in [4.69, 9.17) is 0 Å². The number of hydrogen-bond donors (Lipinski definition) is 1. The highest BCUT2D eigenvalue weighted by molar-refractivity contribution is 9.11. The smallest absolute Gasteiger partial charge is 0.265 e. The van der Waals surface area contributed by atoms with Gasteiger partial charge in [0.1, 0.15) is 5.82 Å². The molecule has 0 unspecified atom stereocenters. The molecule has 2 aromatic rings. The average molecular weight is 407 g/mol. The van der Waals surface area contributed by atoms with Crippen LogP contribution in [0, 0.1) is 19.7 Å². The summed E-state index contributed by atoms with van der Waals surface area (Å²) < 4.78 is 14.6. The lowest BCUT2D eigenvalue weighted by Gasteiger charge is -2.08.